The van der Waals surface area contributed by atoms with Crippen molar-refractivity contribution in [3.8, 4) is 5.75 Å². The van der Waals surface area contributed by atoms with Crippen molar-refractivity contribution in [2.45, 2.75) is 103 Å². The van der Waals surface area contributed by atoms with Crippen molar-refractivity contribution in [2.75, 3.05) is 0 Å². The minimum absolute atomic E-state index is 0.514. The summed E-state index contributed by atoms with van der Waals surface area (Å²) < 4.78 is 54.2. The number of halogens is 4. The van der Waals surface area contributed by atoms with Crippen LogP contribution in [0, 0.1) is 29.5 Å². The van der Waals surface area contributed by atoms with Crippen LogP contribution >= 0.6 is 0 Å². The number of benzene rings is 1. The lowest BCUT2D eigenvalue weighted by Gasteiger charge is -2.37. The van der Waals surface area contributed by atoms with Crippen LogP contribution in [0.4, 0.5) is 17.6 Å². The number of ether oxygens (including phenoxy) is 1. The van der Waals surface area contributed by atoms with Crippen molar-refractivity contribution in [1.82, 2.24) is 0 Å². The molecular formula is C28H40F4O. The maximum atomic E-state index is 13.8. The van der Waals surface area contributed by atoms with E-state index in [1.165, 1.54) is 83.1 Å². The summed E-state index contributed by atoms with van der Waals surface area (Å²) >= 11 is 0. The topological polar surface area (TPSA) is 9.23 Å². The maximum absolute atomic E-state index is 13.8. The van der Waals surface area contributed by atoms with Crippen LogP contribution in [0.15, 0.2) is 30.4 Å². The normalized spacial score (nSPS) is 26.6. The van der Waals surface area contributed by atoms with Gasteiger partial charge in [-0.05, 0) is 92.7 Å². The number of unbranched alkanes of at least 4 members (excludes halogenated alkanes) is 2. The molecule has 5 heteroatoms. The average molecular weight is 469 g/mol. The van der Waals surface area contributed by atoms with Crippen molar-refractivity contribution < 1.29 is 22.3 Å². The van der Waals surface area contributed by atoms with E-state index in [0.29, 0.717) is 12.0 Å². The Balaban J connectivity index is 1.33. The summed E-state index contributed by atoms with van der Waals surface area (Å²) in [7, 11) is 0. The summed E-state index contributed by atoms with van der Waals surface area (Å²) in [4.78, 5) is 0. The van der Waals surface area contributed by atoms with Gasteiger partial charge in [-0.15, -0.1) is 13.2 Å². The van der Waals surface area contributed by atoms with Crippen molar-refractivity contribution in [3.63, 3.8) is 0 Å². The fourth-order valence-corrected chi connectivity index (χ4v) is 5.91. The lowest BCUT2D eigenvalue weighted by molar-refractivity contribution is -0.275. The van der Waals surface area contributed by atoms with Gasteiger partial charge in [-0.3, -0.25) is 0 Å². The lowest BCUT2D eigenvalue weighted by atomic mass is 9.68. The van der Waals surface area contributed by atoms with Gasteiger partial charge >= 0.3 is 6.36 Å². The van der Waals surface area contributed by atoms with Crippen LogP contribution in [0.3, 0.4) is 0 Å². The summed E-state index contributed by atoms with van der Waals surface area (Å²) in [5.41, 5.74) is 0.646. The second-order valence-corrected chi connectivity index (χ2v) is 10.3. The fraction of sp³-hybridized carbons (Fsp3) is 0.714. The van der Waals surface area contributed by atoms with Gasteiger partial charge in [0.25, 0.3) is 0 Å². The molecule has 0 spiro atoms. The minimum atomic E-state index is -4.88. The van der Waals surface area contributed by atoms with E-state index in [1.54, 1.807) is 0 Å². The molecule has 0 aromatic heterocycles. The second kappa shape index (κ2) is 12.8. The van der Waals surface area contributed by atoms with Gasteiger partial charge in [0.2, 0.25) is 0 Å². The third kappa shape index (κ3) is 8.98. The first kappa shape index (κ1) is 26.1. The molecule has 0 radical (unpaired) electrons. The first-order valence-corrected chi connectivity index (χ1v) is 13.0. The number of allylic oxidation sites excluding steroid dienone is 2. The Morgan fingerprint density at radius 1 is 0.879 bits per heavy atom. The summed E-state index contributed by atoms with van der Waals surface area (Å²) in [6, 6.07) is 3.65. The van der Waals surface area contributed by atoms with Gasteiger partial charge < -0.3 is 4.74 Å². The number of hydrogen-bond acceptors (Lipinski definition) is 1. The molecule has 186 valence electrons. The summed E-state index contributed by atoms with van der Waals surface area (Å²) in [5.74, 6) is 1.81. The standard InChI is InChI=1S/C28H40F4O/c1-2-3-4-7-21-10-15-24(16-11-21)25-17-12-22(13-18-25)8-5-6-9-23-14-19-27(26(29)20-23)33-28(30,31)32/h5-6,14,19-22,24-25H,2-4,7-13,15-18H2,1H3. The van der Waals surface area contributed by atoms with Gasteiger partial charge in [-0.25, -0.2) is 4.39 Å². The largest absolute Gasteiger partial charge is 0.573 e. The molecular weight excluding hydrogens is 428 g/mol. The van der Waals surface area contributed by atoms with Gasteiger partial charge in [0.1, 0.15) is 0 Å². The third-order valence-corrected chi connectivity index (χ3v) is 7.88. The molecule has 0 bridgehead atoms. The highest BCUT2D eigenvalue weighted by Crippen LogP contribution is 2.43. The highest BCUT2D eigenvalue weighted by atomic mass is 19.4. The Bertz CT molecular complexity index is 726. The average Bonchev–Trinajstić information content (AvgIpc) is 2.79. The first-order valence-electron chi connectivity index (χ1n) is 13.0. The van der Waals surface area contributed by atoms with E-state index in [1.807, 2.05) is 6.08 Å². The Morgan fingerprint density at radius 2 is 1.52 bits per heavy atom. The summed E-state index contributed by atoms with van der Waals surface area (Å²) in [6.07, 6.45) is 17.5. The Morgan fingerprint density at radius 3 is 2.09 bits per heavy atom. The molecule has 1 aromatic rings. The predicted molar refractivity (Wildman–Crippen MR) is 126 cm³/mol. The summed E-state index contributed by atoms with van der Waals surface area (Å²) in [5, 5.41) is 0. The molecule has 0 aliphatic heterocycles. The Kier molecular flexibility index (Phi) is 10.1. The molecule has 2 saturated carbocycles. The molecule has 1 aromatic carbocycles. The smallest absolute Gasteiger partial charge is 0.403 e. The van der Waals surface area contributed by atoms with Crippen LogP contribution in [-0.4, -0.2) is 6.36 Å². The van der Waals surface area contributed by atoms with E-state index in [0.717, 1.165) is 42.2 Å². The number of hydrogen-bond donors (Lipinski definition) is 0. The van der Waals surface area contributed by atoms with Gasteiger partial charge in [-0.2, -0.15) is 0 Å². The van der Waals surface area contributed by atoms with Crippen molar-refractivity contribution in [1.29, 1.82) is 0 Å². The van der Waals surface area contributed by atoms with Crippen molar-refractivity contribution >= 4 is 0 Å². The van der Waals surface area contributed by atoms with Crippen LogP contribution in [-0.2, 0) is 6.42 Å². The zero-order valence-electron chi connectivity index (χ0n) is 20.0. The molecule has 0 unspecified atom stereocenters. The molecule has 1 nitrogen and oxygen atoms in total. The zero-order valence-corrected chi connectivity index (χ0v) is 20.0. The summed E-state index contributed by atoms with van der Waals surface area (Å²) in [6.45, 7) is 2.28. The molecule has 2 fully saturated rings. The van der Waals surface area contributed by atoms with Crippen LogP contribution in [0.5, 0.6) is 5.75 Å². The van der Waals surface area contributed by atoms with E-state index in [-0.39, 0.29) is 0 Å². The Hall–Kier alpha value is -1.52. The molecule has 0 atom stereocenters. The zero-order chi connectivity index (χ0) is 23.7. The van der Waals surface area contributed by atoms with E-state index in [4.69, 9.17) is 0 Å². The third-order valence-electron chi connectivity index (χ3n) is 7.88. The van der Waals surface area contributed by atoms with Gasteiger partial charge in [-0.1, -0.05) is 63.7 Å². The van der Waals surface area contributed by atoms with Crippen molar-refractivity contribution in [2.24, 2.45) is 23.7 Å². The molecule has 0 heterocycles. The SMILES string of the molecule is CCCCCC1CCC(C2CCC(CC=CCc3ccc(OC(F)(F)F)c(F)c3)CC2)CC1. The van der Waals surface area contributed by atoms with Crippen molar-refractivity contribution in [3.05, 3.63) is 41.7 Å². The lowest BCUT2D eigenvalue weighted by Crippen LogP contribution is -2.25. The quantitative estimate of drug-likeness (QED) is 0.189. The first-order chi connectivity index (χ1) is 15.8. The molecule has 3 rings (SSSR count). The number of rotatable bonds is 10. The van der Waals surface area contributed by atoms with Crippen LogP contribution in [0.1, 0.15) is 96.0 Å². The van der Waals surface area contributed by atoms with Gasteiger partial charge in [0.05, 0.1) is 0 Å². The predicted octanol–water partition coefficient (Wildman–Crippen LogP) is 9.41. The minimum Gasteiger partial charge on any atom is -0.403 e. The maximum Gasteiger partial charge on any atom is 0.573 e. The molecule has 2 aliphatic carbocycles. The molecule has 33 heavy (non-hydrogen) atoms. The van der Waals surface area contributed by atoms with E-state index in [2.05, 4.69) is 17.7 Å². The highest BCUT2D eigenvalue weighted by molar-refractivity contribution is 5.30. The van der Waals surface area contributed by atoms with Gasteiger partial charge in [0.15, 0.2) is 11.6 Å². The second-order valence-electron chi connectivity index (χ2n) is 10.3. The molecule has 0 saturated heterocycles. The Labute approximate surface area is 197 Å². The van der Waals surface area contributed by atoms with Crippen LogP contribution < -0.4 is 4.74 Å². The van der Waals surface area contributed by atoms with E-state index in [9.17, 15) is 17.6 Å². The number of alkyl halides is 3. The van der Waals surface area contributed by atoms with E-state index >= 15 is 0 Å². The van der Waals surface area contributed by atoms with Gasteiger partial charge in [0, 0.05) is 0 Å². The molecule has 2 aliphatic rings. The fourth-order valence-electron chi connectivity index (χ4n) is 5.91. The van der Waals surface area contributed by atoms with Crippen LogP contribution in [0.2, 0.25) is 0 Å². The highest BCUT2D eigenvalue weighted by Gasteiger charge is 2.32. The monoisotopic (exact) mass is 468 g/mol. The van der Waals surface area contributed by atoms with E-state index < -0.39 is 17.9 Å². The van der Waals surface area contributed by atoms with Crippen LogP contribution in [0.25, 0.3) is 0 Å². The molecule has 0 amide bonds. The molecule has 0 N–H and O–H groups in total.